The average molecular weight is 1800 g/mol. The molecule has 6 aromatic carbocycles. The molecule has 0 radical (unpaired) electrons. The number of aliphatic carboxylic acids is 2. The molecule has 704 valence electrons. The van der Waals surface area contributed by atoms with Gasteiger partial charge in [0, 0.05) is 81.0 Å². The molecule has 0 saturated heterocycles. The third-order valence-corrected chi connectivity index (χ3v) is 22.7. The number of carboxylic acids is 2. The lowest BCUT2D eigenvalue weighted by Crippen LogP contribution is -2.73. The van der Waals surface area contributed by atoms with Crippen LogP contribution < -0.4 is 48.7 Å². The molecule has 0 fully saturated rings. The molecule has 6 aromatic rings. The van der Waals surface area contributed by atoms with Crippen LogP contribution in [0.15, 0.2) is 170 Å². The van der Waals surface area contributed by atoms with Crippen molar-refractivity contribution in [1.82, 2.24) is 42.3 Å². The molecule has 30 heteroatoms. The number of carboxylic acid groups (broad SMARTS) is 2. The summed E-state index contributed by atoms with van der Waals surface area (Å²) in [7, 11) is 0. The van der Waals surface area contributed by atoms with Crippen LogP contribution in [0, 0.1) is 41.4 Å². The van der Waals surface area contributed by atoms with Crippen LogP contribution >= 0.6 is 11.8 Å². The Balaban J connectivity index is 0.0000114. The smallest absolute Gasteiger partial charge is 0.309 e. The lowest BCUT2D eigenvalue weighted by atomic mass is 9.82. The second kappa shape index (κ2) is 59.0. The number of aliphatic hydroxyl groups is 2. The predicted octanol–water partition coefficient (Wildman–Crippen LogP) is 10.0. The van der Waals surface area contributed by atoms with Crippen LogP contribution in [0.3, 0.4) is 0 Å². The molecule has 29 nitrogen and oxygen atoms in total. The first-order valence-electron chi connectivity index (χ1n) is 44.3. The number of phenolic OH excluding ortho intramolecular Hbond substituents is 2. The van der Waals surface area contributed by atoms with Gasteiger partial charge < -0.3 is 73.0 Å². The van der Waals surface area contributed by atoms with Gasteiger partial charge in [0.2, 0.25) is 35.4 Å². The highest BCUT2D eigenvalue weighted by Gasteiger charge is 2.40. The number of carbonyl (C=O) groups excluding carboxylic acids is 9. The van der Waals surface area contributed by atoms with Gasteiger partial charge in [-0.1, -0.05) is 201 Å². The molecular formula is C98H143N10O19S+. The first kappa shape index (κ1) is 110. The zero-order valence-electron chi connectivity index (χ0n) is 75.4. The fourth-order valence-electron chi connectivity index (χ4n) is 15.0. The van der Waals surface area contributed by atoms with Crippen LogP contribution in [0.4, 0.5) is 0 Å². The highest BCUT2D eigenvalue weighted by atomic mass is 32.2. The Morgan fingerprint density at radius 2 is 0.977 bits per heavy atom. The summed E-state index contributed by atoms with van der Waals surface area (Å²) in [6, 6.07) is 44.2. The molecule has 13 atom stereocenters. The van der Waals surface area contributed by atoms with Crippen molar-refractivity contribution < 1.29 is 98.7 Å². The van der Waals surface area contributed by atoms with Gasteiger partial charge in [0.1, 0.15) is 23.6 Å². The maximum Gasteiger partial charge on any atom is 0.309 e. The van der Waals surface area contributed by atoms with E-state index < -0.39 is 157 Å². The first-order valence-corrected chi connectivity index (χ1v) is 45.5. The van der Waals surface area contributed by atoms with Crippen molar-refractivity contribution in [3.63, 3.8) is 0 Å². The molecule has 13 unspecified atom stereocenters. The maximum absolute atomic E-state index is 15.1. The van der Waals surface area contributed by atoms with Crippen LogP contribution in [0.1, 0.15) is 205 Å². The fraction of sp³-hybridized carbons (Fsp3) is 0.520. The molecule has 0 aliphatic rings. The monoisotopic (exact) mass is 1800 g/mol. The highest BCUT2D eigenvalue weighted by Crippen LogP contribution is 2.41. The predicted molar refractivity (Wildman–Crippen MR) is 495 cm³/mol. The fourth-order valence-corrected chi connectivity index (χ4v) is 15.7. The molecule has 0 aromatic heterocycles. The molecule has 0 aliphatic heterocycles. The number of nitrogens with one attached hydrogen (secondary N) is 7. The number of amides is 6. The quantitative estimate of drug-likeness (QED) is 0.00958. The number of benzene rings is 6. The molecule has 0 heterocycles. The summed E-state index contributed by atoms with van der Waals surface area (Å²) in [6.07, 6.45) is -1.07. The molecule has 0 saturated carbocycles. The van der Waals surface area contributed by atoms with E-state index in [0.29, 0.717) is 67.6 Å². The number of aromatic hydroxyl groups is 2. The van der Waals surface area contributed by atoms with Gasteiger partial charge in [0.05, 0.1) is 61.6 Å². The minimum absolute atomic E-state index is 0. The molecule has 6 amide bonds. The van der Waals surface area contributed by atoms with E-state index in [1.165, 1.54) is 12.1 Å². The summed E-state index contributed by atoms with van der Waals surface area (Å²) < 4.78 is 5.90. The van der Waals surface area contributed by atoms with Crippen molar-refractivity contribution in [1.29, 1.82) is 0 Å². The van der Waals surface area contributed by atoms with Crippen molar-refractivity contribution >= 4 is 76.5 Å². The van der Waals surface area contributed by atoms with Crippen molar-refractivity contribution in [3.8, 4) is 11.5 Å². The lowest BCUT2D eigenvalue weighted by molar-refractivity contribution is -0.427. The minimum Gasteiger partial charge on any atom is -0.508 e. The van der Waals surface area contributed by atoms with Gasteiger partial charge in [-0.25, -0.2) is 0 Å². The van der Waals surface area contributed by atoms with Gasteiger partial charge in [0.15, 0.2) is 23.6 Å². The highest BCUT2D eigenvalue weighted by molar-refractivity contribution is 7.99. The Morgan fingerprint density at radius 3 is 1.51 bits per heavy atom. The summed E-state index contributed by atoms with van der Waals surface area (Å²) in [6.45, 7) is 19.7. The first-order chi connectivity index (χ1) is 60.6. The number of nitrogens with two attached hydrogens (primary N) is 1. The SMILES string of the molecule is C.CC.CC(C)CC(CC(=O)C(Cc1ccc(O)cc1)NC(=O)C(CC(=O)C(Cc1ccccc1)NC(=O)C(CO)NC(=O)CSCCC(=O)NCCCCOCCNC(=O)C(CC(CC(ON(C(c1ccccc1)C(C)C)C(C)(C)C)c1ccc(O)cc1)C(=O)O)CC(C)c1ccccc1)Cc1ccccc1)C(=O)NC(CCCNC(N)[NH3+])C(=O)CC(CO)C(=O)O. The van der Waals surface area contributed by atoms with Gasteiger partial charge in [-0.3, -0.25) is 68.6 Å². The van der Waals surface area contributed by atoms with E-state index in [0.717, 1.165) is 22.9 Å². The Hall–Kier alpha value is -10.3. The van der Waals surface area contributed by atoms with Gasteiger partial charge >= 0.3 is 11.9 Å². The van der Waals surface area contributed by atoms with Gasteiger partial charge in [-0.15, -0.1) is 0 Å². The third kappa shape index (κ3) is 40.6. The number of hydrogen-bond acceptors (Lipinski definition) is 21. The number of rotatable bonds is 60. The molecular weight excluding hydrogens is 1650 g/mol. The molecule has 6 rings (SSSR count). The Bertz CT molecular complexity index is 4300. The van der Waals surface area contributed by atoms with Crippen molar-refractivity contribution in [2.75, 3.05) is 57.6 Å². The third-order valence-electron chi connectivity index (χ3n) is 21.7. The number of aliphatic hydroxyl groups excluding tert-OH is 2. The number of thioether (sulfide) groups is 1. The number of unbranched alkanes of at least 4 members (excludes halogenated alkanes) is 1. The number of hydroxylamine groups is 2. The molecule has 0 bridgehead atoms. The zero-order chi connectivity index (χ0) is 93.5. The standard InChI is InChI=1S/C95H132N10O19S.C2H6.CH4/c1-61(2)48-70(89(116)102-77(32-23-43-100-94(96)97)81(110)56-74(58-106)93(121)122)54-82(111)78(52-66-33-37-75(108)38-34-66)103-90(117)72(50-64-24-13-9-14-25-64)55-83(112)79(51-65-26-15-10-16-27-65)104-91(118)80(59-107)101-86(114)60-125-47-41-85(113)98-42-21-22-45-123-46-44-99-88(115)71(49-63(5)67-28-17-11-18-29-67)53-73(92(119)120)57-84(68-35-39-76(109)40-36-68)124-105(95(6,7)8)87(62(3)4)69-30-19-12-20-31-69;1-2;/h9-20,24-31,33-40,61-63,70-74,77-80,84,87,94,100,106-109H,21-23,32,41-60,96-97H2,1-8H3,(H,98,113)(H,99,115)(H,101,114)(H,102,116)(H,103,117)(H,104,118)(H,119,120)(H,121,122);1-2H3;1H4/p+1. The van der Waals surface area contributed by atoms with E-state index in [9.17, 15) is 78.6 Å². The van der Waals surface area contributed by atoms with Crippen LogP contribution in [0.5, 0.6) is 11.5 Å². The van der Waals surface area contributed by atoms with E-state index >= 15 is 4.79 Å². The van der Waals surface area contributed by atoms with Crippen molar-refractivity contribution in [3.05, 3.63) is 203 Å². The summed E-state index contributed by atoms with van der Waals surface area (Å²) >= 11 is 1.12. The number of hydrogen-bond donors (Lipinski definition) is 15. The van der Waals surface area contributed by atoms with Crippen LogP contribution in [-0.2, 0) is 81.6 Å². The number of ketones is 3. The molecule has 128 heavy (non-hydrogen) atoms. The van der Waals surface area contributed by atoms with Gasteiger partial charge in [-0.2, -0.15) is 16.8 Å². The van der Waals surface area contributed by atoms with Gasteiger partial charge in [0.25, 0.3) is 0 Å². The van der Waals surface area contributed by atoms with Crippen LogP contribution in [0.2, 0.25) is 0 Å². The topological polar surface area (TPSA) is 469 Å². The lowest BCUT2D eigenvalue weighted by Gasteiger charge is -2.44. The van der Waals surface area contributed by atoms with Crippen LogP contribution in [0.25, 0.3) is 0 Å². The summed E-state index contributed by atoms with van der Waals surface area (Å²) in [4.78, 5) is 160. The summed E-state index contributed by atoms with van der Waals surface area (Å²) in [5.41, 5.74) is 13.4. The Morgan fingerprint density at radius 1 is 0.477 bits per heavy atom. The zero-order valence-corrected chi connectivity index (χ0v) is 76.2. The second-order valence-corrected chi connectivity index (χ2v) is 35.1. The maximum atomic E-state index is 15.1. The molecule has 0 aliphatic carbocycles. The van der Waals surface area contributed by atoms with E-state index in [1.54, 1.807) is 97.1 Å². The normalized spacial score (nSPS) is 14.5. The van der Waals surface area contributed by atoms with Crippen molar-refractivity contribution in [2.24, 2.45) is 47.2 Å². The number of Topliss-reactive ketones (excluding diaryl/α,β-unsaturated/α-hetero) is 3. The Kier molecular flexibility index (Phi) is 50.8. The number of ether oxygens (including phenoxy) is 1. The van der Waals surface area contributed by atoms with E-state index in [2.05, 4.69) is 68.9 Å². The number of carbonyl (C=O) groups is 11. The molecule has 0 spiro atoms. The van der Waals surface area contributed by atoms with E-state index in [4.69, 9.17) is 15.3 Å². The second-order valence-electron chi connectivity index (χ2n) is 34.0. The van der Waals surface area contributed by atoms with Crippen molar-refractivity contribution in [2.45, 2.75) is 227 Å². The summed E-state index contributed by atoms with van der Waals surface area (Å²) in [5, 5.41) is 83.2. The largest absolute Gasteiger partial charge is 0.508 e. The average Bonchev–Trinajstić information content (AvgIpc) is 0.795. The number of nitrogens with zero attached hydrogens (tertiary/aromatic N) is 1. The summed E-state index contributed by atoms with van der Waals surface area (Å²) in [5.74, 6) is -13.5. The van der Waals surface area contributed by atoms with Gasteiger partial charge in [-0.05, 0) is 167 Å². The van der Waals surface area contributed by atoms with E-state index in [1.807, 2.05) is 109 Å². The molecule has 18 N–H and O–H groups in total. The van der Waals surface area contributed by atoms with E-state index in [-0.39, 0.29) is 131 Å². The minimum atomic E-state index is -1.53. The van der Waals surface area contributed by atoms with Crippen LogP contribution in [-0.4, -0.2) is 194 Å². The Labute approximate surface area is 759 Å². The number of quaternary nitrogens is 1. The number of phenols is 2.